The van der Waals surface area contributed by atoms with Crippen LogP contribution in [0, 0.1) is 0 Å². The van der Waals surface area contributed by atoms with Crippen molar-refractivity contribution in [2.45, 2.75) is 10.9 Å². The van der Waals surface area contributed by atoms with E-state index in [9.17, 15) is 8.42 Å². The van der Waals surface area contributed by atoms with E-state index in [-0.39, 0.29) is 23.3 Å². The number of halogens is 1. The maximum absolute atomic E-state index is 13.3. The van der Waals surface area contributed by atoms with Crippen LogP contribution in [0.3, 0.4) is 0 Å². The molecular weight excluding hydrogens is 364 g/mol. The van der Waals surface area contributed by atoms with Gasteiger partial charge < -0.3 is 14.9 Å². The minimum atomic E-state index is -3.67. The molecule has 0 radical (unpaired) electrons. The molecule has 0 bridgehead atoms. The van der Waals surface area contributed by atoms with Crippen molar-refractivity contribution >= 4 is 33.5 Å². The number of aromatic nitrogens is 4. The first-order valence-corrected chi connectivity index (χ1v) is 9.15. The SMILES string of the molecule is Cl.Cn1ccnc1C1CNCCN1S(=O)(=O)c1c[nH]c2ncccc12. The van der Waals surface area contributed by atoms with E-state index in [1.165, 1.54) is 10.5 Å². The predicted molar refractivity (Wildman–Crippen MR) is 96.1 cm³/mol. The molecule has 4 heterocycles. The van der Waals surface area contributed by atoms with E-state index in [1.807, 2.05) is 17.8 Å². The third-order valence-corrected chi connectivity index (χ3v) is 6.30. The van der Waals surface area contributed by atoms with Gasteiger partial charge in [0, 0.05) is 56.9 Å². The normalized spacial score (nSPS) is 19.0. The number of sulfonamides is 1. The molecule has 0 spiro atoms. The Kier molecular flexibility index (Phi) is 4.83. The summed E-state index contributed by atoms with van der Waals surface area (Å²) in [4.78, 5) is 11.7. The molecule has 3 aromatic rings. The van der Waals surface area contributed by atoms with Crippen LogP contribution in [-0.4, -0.2) is 51.9 Å². The fraction of sp³-hybridized carbons (Fsp3) is 0.333. The number of nitrogens with one attached hydrogen (secondary N) is 2. The van der Waals surface area contributed by atoms with Crippen molar-refractivity contribution in [3.8, 4) is 0 Å². The Labute approximate surface area is 151 Å². The van der Waals surface area contributed by atoms with Gasteiger partial charge in [0.25, 0.3) is 0 Å². The second-order valence-electron chi connectivity index (χ2n) is 5.78. The van der Waals surface area contributed by atoms with Gasteiger partial charge >= 0.3 is 0 Å². The van der Waals surface area contributed by atoms with Gasteiger partial charge in [-0.25, -0.2) is 18.4 Å². The predicted octanol–water partition coefficient (Wildman–Crippen LogP) is 1.05. The molecule has 1 fully saturated rings. The summed E-state index contributed by atoms with van der Waals surface area (Å²) in [5.41, 5.74) is 0.569. The molecule has 0 aliphatic carbocycles. The summed E-state index contributed by atoms with van der Waals surface area (Å²) in [6.45, 7) is 1.54. The highest BCUT2D eigenvalue weighted by atomic mass is 35.5. The number of rotatable bonds is 3. The first-order chi connectivity index (χ1) is 11.6. The molecule has 0 amide bonds. The molecule has 1 aliphatic heterocycles. The lowest BCUT2D eigenvalue weighted by molar-refractivity contribution is 0.258. The number of imidazole rings is 1. The Morgan fingerprint density at radius 2 is 2.12 bits per heavy atom. The van der Waals surface area contributed by atoms with Crippen LogP contribution < -0.4 is 5.32 Å². The van der Waals surface area contributed by atoms with Crippen LogP contribution in [0.1, 0.15) is 11.9 Å². The van der Waals surface area contributed by atoms with Crippen LogP contribution in [0.5, 0.6) is 0 Å². The van der Waals surface area contributed by atoms with Crippen LogP contribution in [0.2, 0.25) is 0 Å². The summed E-state index contributed by atoms with van der Waals surface area (Å²) in [6, 6.07) is 3.16. The lowest BCUT2D eigenvalue weighted by Gasteiger charge is -2.34. The second-order valence-corrected chi connectivity index (χ2v) is 7.64. The van der Waals surface area contributed by atoms with Crippen molar-refractivity contribution in [2.24, 2.45) is 7.05 Å². The van der Waals surface area contributed by atoms with Gasteiger partial charge in [0.2, 0.25) is 10.0 Å². The van der Waals surface area contributed by atoms with Crippen molar-refractivity contribution in [2.75, 3.05) is 19.6 Å². The van der Waals surface area contributed by atoms with Crippen molar-refractivity contribution in [1.82, 2.24) is 29.1 Å². The van der Waals surface area contributed by atoms with E-state index in [4.69, 9.17) is 0 Å². The molecule has 25 heavy (non-hydrogen) atoms. The average molecular weight is 383 g/mol. The lowest BCUT2D eigenvalue weighted by atomic mass is 10.2. The number of H-pyrrole nitrogens is 1. The molecule has 134 valence electrons. The topological polar surface area (TPSA) is 95.9 Å². The summed E-state index contributed by atoms with van der Waals surface area (Å²) in [7, 11) is -1.80. The first-order valence-electron chi connectivity index (χ1n) is 7.71. The maximum atomic E-state index is 13.3. The van der Waals surface area contributed by atoms with Crippen molar-refractivity contribution < 1.29 is 8.42 Å². The molecule has 10 heteroatoms. The largest absolute Gasteiger partial charge is 0.345 e. The Balaban J connectivity index is 0.00000182. The molecule has 3 aromatic heterocycles. The van der Waals surface area contributed by atoms with Gasteiger partial charge in [0.05, 0.1) is 6.04 Å². The van der Waals surface area contributed by atoms with Crippen LogP contribution in [0.4, 0.5) is 0 Å². The molecule has 4 rings (SSSR count). The highest BCUT2D eigenvalue weighted by Gasteiger charge is 2.37. The fourth-order valence-corrected chi connectivity index (χ4v) is 4.90. The molecule has 1 saturated heterocycles. The van der Waals surface area contributed by atoms with E-state index in [2.05, 4.69) is 20.3 Å². The summed E-state index contributed by atoms with van der Waals surface area (Å²) >= 11 is 0. The summed E-state index contributed by atoms with van der Waals surface area (Å²) < 4.78 is 30.0. The Bertz CT molecular complexity index is 983. The number of hydrogen-bond acceptors (Lipinski definition) is 5. The minimum absolute atomic E-state index is 0. The van der Waals surface area contributed by atoms with Crippen LogP contribution in [0.25, 0.3) is 11.0 Å². The fourth-order valence-electron chi connectivity index (χ4n) is 3.16. The van der Waals surface area contributed by atoms with Gasteiger partial charge in [-0.3, -0.25) is 0 Å². The lowest BCUT2D eigenvalue weighted by Crippen LogP contribution is -2.49. The molecule has 0 saturated carbocycles. The third-order valence-electron chi connectivity index (χ3n) is 4.35. The zero-order valence-corrected chi connectivity index (χ0v) is 15.2. The summed E-state index contributed by atoms with van der Waals surface area (Å²) in [5, 5.41) is 3.86. The molecule has 8 nitrogen and oxygen atoms in total. The highest BCUT2D eigenvalue weighted by Crippen LogP contribution is 2.31. The van der Waals surface area contributed by atoms with E-state index in [0.717, 1.165) is 5.82 Å². The number of nitrogens with zero attached hydrogens (tertiary/aromatic N) is 4. The zero-order chi connectivity index (χ0) is 16.7. The van der Waals surface area contributed by atoms with Crippen molar-refractivity contribution in [1.29, 1.82) is 0 Å². The van der Waals surface area contributed by atoms with E-state index >= 15 is 0 Å². The molecule has 0 aromatic carbocycles. The zero-order valence-electron chi connectivity index (χ0n) is 13.6. The highest BCUT2D eigenvalue weighted by molar-refractivity contribution is 7.89. The van der Waals surface area contributed by atoms with Gasteiger partial charge in [0.15, 0.2) is 0 Å². The molecular formula is C15H19ClN6O2S. The van der Waals surface area contributed by atoms with Crippen molar-refractivity contribution in [3.05, 3.63) is 42.7 Å². The Hall–Kier alpha value is -1.94. The van der Waals surface area contributed by atoms with Crippen LogP contribution in [0.15, 0.2) is 41.8 Å². The number of aromatic amines is 1. The van der Waals surface area contributed by atoms with Gasteiger partial charge in [-0.1, -0.05) is 0 Å². The Morgan fingerprint density at radius 3 is 2.88 bits per heavy atom. The smallest absolute Gasteiger partial charge is 0.246 e. The monoisotopic (exact) mass is 382 g/mol. The van der Waals surface area contributed by atoms with Crippen LogP contribution >= 0.6 is 12.4 Å². The molecule has 1 aliphatic rings. The molecule has 1 unspecified atom stereocenters. The van der Waals surface area contributed by atoms with E-state index in [1.54, 1.807) is 24.5 Å². The number of fused-ring (bicyclic) bond motifs is 1. The van der Waals surface area contributed by atoms with E-state index in [0.29, 0.717) is 30.7 Å². The maximum Gasteiger partial charge on any atom is 0.246 e. The first kappa shape index (κ1) is 17.9. The number of hydrogen-bond donors (Lipinski definition) is 2. The number of pyridine rings is 1. The number of aryl methyl sites for hydroxylation is 1. The second kappa shape index (κ2) is 6.75. The molecule has 2 N–H and O–H groups in total. The number of piperazine rings is 1. The molecule has 1 atom stereocenters. The quantitative estimate of drug-likeness (QED) is 0.706. The van der Waals surface area contributed by atoms with Gasteiger partial charge in [-0.2, -0.15) is 4.31 Å². The third kappa shape index (κ3) is 2.93. The van der Waals surface area contributed by atoms with Gasteiger partial charge in [0.1, 0.15) is 16.4 Å². The van der Waals surface area contributed by atoms with Gasteiger partial charge in [-0.05, 0) is 12.1 Å². The summed E-state index contributed by atoms with van der Waals surface area (Å²) in [6.07, 6.45) is 6.66. The van der Waals surface area contributed by atoms with Crippen molar-refractivity contribution in [3.63, 3.8) is 0 Å². The summed E-state index contributed by atoms with van der Waals surface area (Å²) in [5.74, 6) is 0.726. The van der Waals surface area contributed by atoms with Crippen LogP contribution in [-0.2, 0) is 17.1 Å². The van der Waals surface area contributed by atoms with E-state index < -0.39 is 10.0 Å². The minimum Gasteiger partial charge on any atom is -0.345 e. The van der Waals surface area contributed by atoms with Gasteiger partial charge in [-0.15, -0.1) is 12.4 Å². The average Bonchev–Trinajstić information content (AvgIpc) is 3.21. The standard InChI is InChI=1S/C15H18N6O2S.ClH/c1-20-7-6-18-15(20)12-9-16-5-8-21(12)24(22,23)13-10-19-14-11(13)3-2-4-17-14;/h2-4,6-7,10,12,16H,5,8-9H2,1H3,(H,17,19);1H. The Morgan fingerprint density at radius 1 is 1.28 bits per heavy atom.